The van der Waals surface area contributed by atoms with E-state index in [1.807, 2.05) is 30.3 Å². The third kappa shape index (κ3) is 4.22. The normalized spacial score (nSPS) is 13.3. The van der Waals surface area contributed by atoms with E-state index in [2.05, 4.69) is 4.99 Å². The first-order valence-electron chi connectivity index (χ1n) is 9.04. The molecule has 1 amide bonds. The zero-order valence-corrected chi connectivity index (χ0v) is 16.5. The van der Waals surface area contributed by atoms with Gasteiger partial charge in [-0.15, -0.1) is 0 Å². The van der Waals surface area contributed by atoms with Crippen molar-refractivity contribution in [3.8, 4) is 11.5 Å². The topological polar surface area (TPSA) is 79.1 Å². The summed E-state index contributed by atoms with van der Waals surface area (Å²) in [4.78, 5) is 29.1. The summed E-state index contributed by atoms with van der Waals surface area (Å²) in [5, 5.41) is 0. The molecule has 0 fully saturated rings. The number of carbonyl (C=O) groups is 2. The van der Waals surface area contributed by atoms with Gasteiger partial charge in [-0.2, -0.15) is 4.99 Å². The van der Waals surface area contributed by atoms with Crippen LogP contribution in [0, 0.1) is 0 Å². The standard InChI is InChI=1S/C21H18N2O5S/c1-2-26-20(25)12-23-15-5-3-4-6-18(15)29-21(23)22-19(24)10-8-14-7-9-16-17(11-14)28-13-27-16/h3-11H,2,12-13H2,1H3/b10-8-,22-21?. The number of rotatable bonds is 5. The maximum absolute atomic E-state index is 12.4. The summed E-state index contributed by atoms with van der Waals surface area (Å²) in [5.41, 5.74) is 1.63. The van der Waals surface area contributed by atoms with Crippen LogP contribution in [0.2, 0.25) is 0 Å². The van der Waals surface area contributed by atoms with E-state index in [-0.39, 0.29) is 19.3 Å². The van der Waals surface area contributed by atoms with Crippen molar-refractivity contribution in [3.05, 3.63) is 58.9 Å². The lowest BCUT2D eigenvalue weighted by molar-refractivity contribution is -0.143. The number of esters is 1. The molecule has 0 bridgehead atoms. The fourth-order valence-corrected chi connectivity index (χ4v) is 3.95. The van der Waals surface area contributed by atoms with Crippen molar-refractivity contribution in [2.45, 2.75) is 13.5 Å². The molecule has 0 saturated heterocycles. The average molecular weight is 410 g/mol. The van der Waals surface area contributed by atoms with Gasteiger partial charge in [0.2, 0.25) is 6.79 Å². The first-order chi connectivity index (χ1) is 14.1. The maximum Gasteiger partial charge on any atom is 0.326 e. The highest BCUT2D eigenvalue weighted by Crippen LogP contribution is 2.32. The third-order valence-electron chi connectivity index (χ3n) is 4.20. The van der Waals surface area contributed by atoms with Crippen molar-refractivity contribution in [2.75, 3.05) is 13.4 Å². The van der Waals surface area contributed by atoms with Crippen molar-refractivity contribution < 1.29 is 23.8 Å². The van der Waals surface area contributed by atoms with Gasteiger partial charge in [0.1, 0.15) is 6.54 Å². The second-order valence-electron chi connectivity index (χ2n) is 6.14. The van der Waals surface area contributed by atoms with Gasteiger partial charge in [0.05, 0.1) is 16.8 Å². The highest BCUT2D eigenvalue weighted by atomic mass is 32.1. The molecule has 0 spiro atoms. The van der Waals surface area contributed by atoms with Crippen LogP contribution >= 0.6 is 11.3 Å². The number of fused-ring (bicyclic) bond motifs is 2. The Morgan fingerprint density at radius 2 is 2.03 bits per heavy atom. The van der Waals surface area contributed by atoms with Crippen LogP contribution < -0.4 is 14.3 Å². The van der Waals surface area contributed by atoms with Gasteiger partial charge in [0, 0.05) is 6.08 Å². The summed E-state index contributed by atoms with van der Waals surface area (Å²) in [6.07, 6.45) is 3.05. The second-order valence-corrected chi connectivity index (χ2v) is 7.15. The zero-order chi connectivity index (χ0) is 20.2. The number of ether oxygens (including phenoxy) is 3. The molecule has 0 atom stereocenters. The quantitative estimate of drug-likeness (QED) is 0.477. The van der Waals surface area contributed by atoms with Crippen LogP contribution in [-0.2, 0) is 20.9 Å². The van der Waals surface area contributed by atoms with Gasteiger partial charge in [-0.1, -0.05) is 29.5 Å². The summed E-state index contributed by atoms with van der Waals surface area (Å²) in [6, 6.07) is 13.0. The summed E-state index contributed by atoms with van der Waals surface area (Å²) in [7, 11) is 0. The van der Waals surface area contributed by atoms with Gasteiger partial charge in [0.25, 0.3) is 5.91 Å². The van der Waals surface area contributed by atoms with E-state index < -0.39 is 5.91 Å². The fraction of sp³-hybridized carbons (Fsp3) is 0.190. The molecule has 4 rings (SSSR count). The number of nitrogens with zero attached hydrogens (tertiary/aromatic N) is 2. The average Bonchev–Trinajstić information content (AvgIpc) is 3.31. The Balaban J connectivity index is 1.62. The first-order valence-corrected chi connectivity index (χ1v) is 9.86. The van der Waals surface area contributed by atoms with Crippen LogP contribution in [0.5, 0.6) is 11.5 Å². The second kappa shape index (κ2) is 8.32. The molecule has 0 radical (unpaired) electrons. The molecule has 148 valence electrons. The third-order valence-corrected chi connectivity index (χ3v) is 5.26. The number of amides is 1. The van der Waals surface area contributed by atoms with E-state index >= 15 is 0 Å². The van der Waals surface area contributed by atoms with E-state index in [1.165, 1.54) is 17.4 Å². The van der Waals surface area contributed by atoms with Crippen molar-refractivity contribution in [3.63, 3.8) is 0 Å². The Labute approximate surface area is 170 Å². The Hall–Kier alpha value is -3.39. The zero-order valence-electron chi connectivity index (χ0n) is 15.7. The van der Waals surface area contributed by atoms with Gasteiger partial charge in [-0.25, -0.2) is 0 Å². The molecule has 1 aliphatic rings. The van der Waals surface area contributed by atoms with Crippen molar-refractivity contribution >= 4 is 39.5 Å². The van der Waals surface area contributed by atoms with E-state index in [1.54, 1.807) is 29.7 Å². The Morgan fingerprint density at radius 1 is 1.21 bits per heavy atom. The summed E-state index contributed by atoms with van der Waals surface area (Å²) in [6.45, 7) is 2.24. The fourth-order valence-electron chi connectivity index (χ4n) is 2.91. The van der Waals surface area contributed by atoms with Gasteiger partial charge >= 0.3 is 5.97 Å². The largest absolute Gasteiger partial charge is 0.465 e. The number of carbonyl (C=O) groups excluding carboxylic acids is 2. The number of hydrogen-bond acceptors (Lipinski definition) is 6. The molecule has 2 aromatic carbocycles. The summed E-state index contributed by atoms with van der Waals surface area (Å²) < 4.78 is 18.3. The Bertz CT molecular complexity index is 1180. The van der Waals surface area contributed by atoms with Gasteiger partial charge < -0.3 is 18.8 Å². The van der Waals surface area contributed by atoms with Crippen LogP contribution in [0.4, 0.5) is 0 Å². The molecule has 0 saturated carbocycles. The summed E-state index contributed by atoms with van der Waals surface area (Å²) in [5.74, 6) is 0.532. The van der Waals surface area contributed by atoms with E-state index in [9.17, 15) is 9.59 Å². The lowest BCUT2D eigenvalue weighted by Gasteiger charge is -2.04. The molecular formula is C21H18N2O5S. The van der Waals surface area contributed by atoms with Gasteiger partial charge in [-0.05, 0) is 42.8 Å². The van der Waals surface area contributed by atoms with Crippen LogP contribution in [0.25, 0.3) is 16.3 Å². The molecule has 1 aliphatic heterocycles. The maximum atomic E-state index is 12.4. The molecule has 0 unspecified atom stereocenters. The van der Waals surface area contributed by atoms with Crippen molar-refractivity contribution in [2.24, 2.45) is 4.99 Å². The summed E-state index contributed by atoms with van der Waals surface area (Å²) >= 11 is 1.35. The van der Waals surface area contributed by atoms with Crippen LogP contribution in [-0.4, -0.2) is 29.8 Å². The molecule has 7 nitrogen and oxygen atoms in total. The van der Waals surface area contributed by atoms with Crippen LogP contribution in [0.1, 0.15) is 12.5 Å². The predicted molar refractivity (Wildman–Crippen MR) is 109 cm³/mol. The van der Waals surface area contributed by atoms with Crippen LogP contribution in [0.15, 0.2) is 53.5 Å². The molecule has 0 aliphatic carbocycles. The van der Waals surface area contributed by atoms with Gasteiger partial charge in [0.15, 0.2) is 16.3 Å². The number of hydrogen-bond donors (Lipinski definition) is 0. The molecule has 3 aromatic rings. The monoisotopic (exact) mass is 410 g/mol. The molecule has 2 heterocycles. The minimum Gasteiger partial charge on any atom is -0.465 e. The number of aromatic nitrogens is 1. The Kier molecular flexibility index (Phi) is 5.44. The Morgan fingerprint density at radius 3 is 2.90 bits per heavy atom. The minimum absolute atomic E-state index is 0.00413. The minimum atomic E-state index is -0.424. The lowest BCUT2D eigenvalue weighted by atomic mass is 10.2. The van der Waals surface area contributed by atoms with E-state index in [0.717, 1.165) is 15.8 Å². The van der Waals surface area contributed by atoms with Gasteiger partial charge in [-0.3, -0.25) is 9.59 Å². The number of thiazole rings is 1. The molecule has 8 heteroatoms. The predicted octanol–water partition coefficient (Wildman–Crippen LogP) is 3.14. The molecule has 1 aromatic heterocycles. The van der Waals surface area contributed by atoms with Crippen molar-refractivity contribution in [1.29, 1.82) is 0 Å². The SMILES string of the molecule is CCOC(=O)Cn1c(=NC(=O)/C=C\c2ccc3c(c2)OCO3)sc2ccccc21. The highest BCUT2D eigenvalue weighted by molar-refractivity contribution is 7.16. The number of benzene rings is 2. The highest BCUT2D eigenvalue weighted by Gasteiger charge is 2.13. The molecule has 29 heavy (non-hydrogen) atoms. The smallest absolute Gasteiger partial charge is 0.326 e. The molecule has 0 N–H and O–H groups in total. The van der Waals surface area contributed by atoms with E-state index in [0.29, 0.717) is 22.9 Å². The van der Waals surface area contributed by atoms with E-state index in [4.69, 9.17) is 14.2 Å². The number of para-hydroxylation sites is 1. The van der Waals surface area contributed by atoms with Crippen LogP contribution in [0.3, 0.4) is 0 Å². The molecular weight excluding hydrogens is 392 g/mol. The van der Waals surface area contributed by atoms with Crippen molar-refractivity contribution in [1.82, 2.24) is 4.57 Å². The lowest BCUT2D eigenvalue weighted by Crippen LogP contribution is -2.22. The first kappa shape index (κ1) is 18.9.